The number of benzene rings is 2. The molecule has 0 saturated carbocycles. The van der Waals surface area contributed by atoms with Crippen LogP contribution >= 0.6 is 11.8 Å². The summed E-state index contributed by atoms with van der Waals surface area (Å²) in [5.41, 5.74) is 0.807. The maximum atomic E-state index is 14.0. The number of aliphatic imine (C=N–C) groups is 1. The van der Waals surface area contributed by atoms with Crippen molar-refractivity contribution >= 4 is 34.6 Å². The topological polar surface area (TPSA) is 41.9 Å². The van der Waals surface area contributed by atoms with E-state index in [0.717, 1.165) is 17.7 Å². The number of methoxy groups -OCH3 is 1. The van der Waals surface area contributed by atoms with Crippen molar-refractivity contribution < 1.29 is 18.3 Å². The number of hydrogen-bond donors (Lipinski definition) is 0. The zero-order chi connectivity index (χ0) is 20.3. The van der Waals surface area contributed by atoms with Gasteiger partial charge < -0.3 is 4.74 Å². The van der Waals surface area contributed by atoms with Crippen LogP contribution in [-0.2, 0) is 4.79 Å². The summed E-state index contributed by atoms with van der Waals surface area (Å²) in [5.74, 6) is -0.748. The van der Waals surface area contributed by atoms with Gasteiger partial charge in [0.1, 0.15) is 17.3 Å². The van der Waals surface area contributed by atoms with Gasteiger partial charge in [-0.3, -0.25) is 9.69 Å². The van der Waals surface area contributed by atoms with Crippen LogP contribution in [0.3, 0.4) is 0 Å². The molecule has 28 heavy (non-hydrogen) atoms. The number of amidine groups is 1. The number of amides is 1. The highest BCUT2D eigenvalue weighted by molar-refractivity contribution is 8.18. The van der Waals surface area contributed by atoms with Crippen LogP contribution < -0.4 is 4.74 Å². The molecule has 2 aromatic carbocycles. The standard InChI is InChI=1S/C21H20F2N2O2S/c1-13(2)12-25-20(26)19(10-14-5-4-6-16(9-14)27-3)28-21(25)24-18-8-7-15(22)11-17(18)23/h4-11,13H,12H2,1-3H3/b19-10+,24-21?. The molecule has 0 spiro atoms. The summed E-state index contributed by atoms with van der Waals surface area (Å²) < 4.78 is 32.4. The maximum absolute atomic E-state index is 14.0. The minimum Gasteiger partial charge on any atom is -0.497 e. The first-order valence-electron chi connectivity index (χ1n) is 8.76. The third kappa shape index (κ3) is 4.59. The van der Waals surface area contributed by atoms with Crippen molar-refractivity contribution in [3.63, 3.8) is 0 Å². The van der Waals surface area contributed by atoms with E-state index in [-0.39, 0.29) is 17.5 Å². The molecule has 0 aromatic heterocycles. The van der Waals surface area contributed by atoms with Crippen molar-refractivity contribution in [1.82, 2.24) is 4.90 Å². The highest BCUT2D eigenvalue weighted by atomic mass is 32.2. The van der Waals surface area contributed by atoms with E-state index in [0.29, 0.717) is 22.4 Å². The Morgan fingerprint density at radius 2 is 2.00 bits per heavy atom. The van der Waals surface area contributed by atoms with Crippen LogP contribution in [0.4, 0.5) is 14.5 Å². The lowest BCUT2D eigenvalue weighted by molar-refractivity contribution is -0.122. The van der Waals surface area contributed by atoms with Gasteiger partial charge >= 0.3 is 0 Å². The molecule has 3 rings (SSSR count). The van der Waals surface area contributed by atoms with Crippen molar-refractivity contribution in [3.8, 4) is 5.75 Å². The molecule has 146 valence electrons. The summed E-state index contributed by atoms with van der Waals surface area (Å²) >= 11 is 1.17. The van der Waals surface area contributed by atoms with Crippen LogP contribution in [0.15, 0.2) is 52.4 Å². The van der Waals surface area contributed by atoms with Crippen molar-refractivity contribution in [2.45, 2.75) is 13.8 Å². The van der Waals surface area contributed by atoms with E-state index in [1.54, 1.807) is 13.2 Å². The number of ether oxygens (including phenoxy) is 1. The average Bonchev–Trinajstić information content (AvgIpc) is 2.92. The van der Waals surface area contributed by atoms with E-state index in [1.807, 2.05) is 38.1 Å². The van der Waals surface area contributed by atoms with E-state index in [4.69, 9.17) is 4.74 Å². The van der Waals surface area contributed by atoms with Crippen LogP contribution in [0.2, 0.25) is 0 Å². The Hall–Kier alpha value is -2.67. The molecule has 0 N–H and O–H groups in total. The fraction of sp³-hybridized carbons (Fsp3) is 0.238. The smallest absolute Gasteiger partial charge is 0.266 e. The largest absolute Gasteiger partial charge is 0.497 e. The van der Waals surface area contributed by atoms with Gasteiger partial charge in [0.05, 0.1) is 12.0 Å². The predicted octanol–water partition coefficient (Wildman–Crippen LogP) is 5.23. The molecule has 0 aliphatic carbocycles. The first kappa shape index (κ1) is 20.1. The first-order chi connectivity index (χ1) is 13.4. The maximum Gasteiger partial charge on any atom is 0.266 e. The SMILES string of the molecule is COc1cccc(/C=C2/SC(=Nc3ccc(F)cc3F)N(CC(C)C)C2=O)c1. The number of thioether (sulfide) groups is 1. The fourth-order valence-electron chi connectivity index (χ4n) is 2.68. The van der Waals surface area contributed by atoms with Gasteiger partial charge in [0.15, 0.2) is 11.0 Å². The summed E-state index contributed by atoms with van der Waals surface area (Å²) in [5, 5.41) is 0.373. The molecular weight excluding hydrogens is 382 g/mol. The lowest BCUT2D eigenvalue weighted by Gasteiger charge is -2.17. The van der Waals surface area contributed by atoms with Gasteiger partial charge in [0.25, 0.3) is 5.91 Å². The third-order valence-electron chi connectivity index (χ3n) is 3.95. The van der Waals surface area contributed by atoms with Crippen LogP contribution in [0.25, 0.3) is 6.08 Å². The Bertz CT molecular complexity index is 957. The quantitative estimate of drug-likeness (QED) is 0.643. The molecular formula is C21H20F2N2O2S. The van der Waals surface area contributed by atoms with E-state index in [2.05, 4.69) is 4.99 Å². The zero-order valence-corrected chi connectivity index (χ0v) is 16.6. The predicted molar refractivity (Wildman–Crippen MR) is 109 cm³/mol. The number of carbonyl (C=O) groups is 1. The highest BCUT2D eigenvalue weighted by Gasteiger charge is 2.34. The molecule has 1 aliphatic rings. The second kappa shape index (κ2) is 8.56. The summed E-state index contributed by atoms with van der Waals surface area (Å²) in [7, 11) is 1.58. The van der Waals surface area contributed by atoms with E-state index in [1.165, 1.54) is 22.7 Å². The van der Waals surface area contributed by atoms with Gasteiger partial charge in [-0.05, 0) is 53.6 Å². The number of nitrogens with zero attached hydrogens (tertiary/aromatic N) is 2. The molecule has 0 bridgehead atoms. The van der Waals surface area contributed by atoms with Gasteiger partial charge in [-0.2, -0.15) is 0 Å². The van der Waals surface area contributed by atoms with E-state index >= 15 is 0 Å². The summed E-state index contributed by atoms with van der Waals surface area (Å²) in [6.45, 7) is 4.42. The Labute approximate surface area is 166 Å². The Morgan fingerprint density at radius 3 is 2.68 bits per heavy atom. The van der Waals surface area contributed by atoms with Crippen LogP contribution in [0.5, 0.6) is 5.75 Å². The molecule has 0 radical (unpaired) electrons. The normalized spacial score (nSPS) is 17.2. The van der Waals surface area contributed by atoms with Crippen LogP contribution in [-0.4, -0.2) is 29.6 Å². The number of halogens is 2. The van der Waals surface area contributed by atoms with Gasteiger partial charge in [0, 0.05) is 12.6 Å². The summed E-state index contributed by atoms with van der Waals surface area (Å²) in [4.78, 5) is 19.2. The lowest BCUT2D eigenvalue weighted by Crippen LogP contribution is -2.32. The molecule has 1 fully saturated rings. The average molecular weight is 402 g/mol. The highest BCUT2D eigenvalue weighted by Crippen LogP contribution is 2.35. The molecule has 7 heteroatoms. The van der Waals surface area contributed by atoms with Gasteiger partial charge in [-0.1, -0.05) is 26.0 Å². The van der Waals surface area contributed by atoms with Gasteiger partial charge in [-0.15, -0.1) is 0 Å². The molecule has 0 unspecified atom stereocenters. The minimum absolute atomic E-state index is 0.00640. The Kier molecular flexibility index (Phi) is 6.14. The minimum atomic E-state index is -0.768. The lowest BCUT2D eigenvalue weighted by atomic mass is 10.2. The molecule has 1 aliphatic heterocycles. The van der Waals surface area contributed by atoms with E-state index < -0.39 is 11.6 Å². The number of carbonyl (C=O) groups excluding carboxylic acids is 1. The first-order valence-corrected chi connectivity index (χ1v) is 9.58. The molecule has 1 amide bonds. The van der Waals surface area contributed by atoms with Gasteiger partial charge in [-0.25, -0.2) is 13.8 Å². The molecule has 4 nitrogen and oxygen atoms in total. The molecule has 1 heterocycles. The number of hydrogen-bond acceptors (Lipinski definition) is 4. The third-order valence-corrected chi connectivity index (χ3v) is 4.96. The van der Waals surface area contributed by atoms with Crippen molar-refractivity contribution in [2.24, 2.45) is 10.9 Å². The Morgan fingerprint density at radius 1 is 1.21 bits per heavy atom. The van der Waals surface area contributed by atoms with E-state index in [9.17, 15) is 13.6 Å². The van der Waals surface area contributed by atoms with Crippen LogP contribution in [0.1, 0.15) is 19.4 Å². The molecule has 2 aromatic rings. The summed E-state index contributed by atoms with van der Waals surface area (Å²) in [6.07, 6.45) is 1.76. The zero-order valence-electron chi connectivity index (χ0n) is 15.8. The Balaban J connectivity index is 1.98. The van der Waals surface area contributed by atoms with Crippen molar-refractivity contribution in [2.75, 3.05) is 13.7 Å². The molecule has 1 saturated heterocycles. The second-order valence-corrected chi connectivity index (χ2v) is 7.70. The van der Waals surface area contributed by atoms with Crippen LogP contribution in [0, 0.1) is 17.6 Å². The fourth-order valence-corrected chi connectivity index (χ4v) is 3.68. The van der Waals surface area contributed by atoms with Gasteiger partial charge in [0.2, 0.25) is 0 Å². The number of rotatable bonds is 5. The van der Waals surface area contributed by atoms with Crippen molar-refractivity contribution in [1.29, 1.82) is 0 Å². The van der Waals surface area contributed by atoms with Crippen molar-refractivity contribution in [3.05, 3.63) is 64.6 Å². The second-order valence-electron chi connectivity index (χ2n) is 6.69. The summed E-state index contributed by atoms with van der Waals surface area (Å²) in [6, 6.07) is 10.5. The molecule has 0 atom stereocenters. The monoisotopic (exact) mass is 402 g/mol.